The quantitative estimate of drug-likeness (QED) is 0.642. The zero-order chi connectivity index (χ0) is 14.7. The molecule has 0 radical (unpaired) electrons. The summed E-state index contributed by atoms with van der Waals surface area (Å²) < 4.78 is 1.68. The smallest absolute Gasteiger partial charge is 0.344 e. The monoisotopic (exact) mass is 310 g/mol. The van der Waals surface area contributed by atoms with Gasteiger partial charge in [-0.05, 0) is 25.7 Å². The molecule has 0 atom stereocenters. The predicted molar refractivity (Wildman–Crippen MR) is 81.5 cm³/mol. The van der Waals surface area contributed by atoms with Crippen LogP contribution >= 0.6 is 11.8 Å². The number of rotatable bonds is 5. The Morgan fingerprint density at radius 2 is 1.95 bits per heavy atom. The largest absolute Gasteiger partial charge is 0.353 e. The van der Waals surface area contributed by atoms with Crippen molar-refractivity contribution in [3.63, 3.8) is 0 Å². The number of carbonyl (C=O) groups excluding carboxylic acids is 1. The molecule has 6 nitrogen and oxygen atoms in total. The second kappa shape index (κ2) is 6.68. The van der Waals surface area contributed by atoms with Crippen LogP contribution in [0.25, 0.3) is 0 Å². The Morgan fingerprint density at radius 3 is 2.62 bits per heavy atom. The van der Waals surface area contributed by atoms with Gasteiger partial charge in [-0.15, -0.1) is 5.10 Å². The van der Waals surface area contributed by atoms with Crippen molar-refractivity contribution in [3.8, 4) is 0 Å². The van der Waals surface area contributed by atoms with Crippen molar-refractivity contribution in [2.75, 3.05) is 5.75 Å². The van der Waals surface area contributed by atoms with E-state index in [1.54, 1.807) is 4.57 Å². The van der Waals surface area contributed by atoms with E-state index in [2.05, 4.69) is 15.5 Å². The molecule has 0 aromatic carbocycles. The Bertz CT molecular complexity index is 541. The van der Waals surface area contributed by atoms with Gasteiger partial charge in [0.15, 0.2) is 5.16 Å². The van der Waals surface area contributed by atoms with Crippen LogP contribution in [0.5, 0.6) is 0 Å². The standard InChI is InChI=1S/C14H22N4O2S/c19-12(15-10-5-3-1-2-4-6-10)9-21-14-17-16-13(20)18(14)11-7-8-11/h10-11H,1-9H2,(H,15,19)(H,16,20). The molecule has 1 amide bonds. The van der Waals surface area contributed by atoms with E-state index in [1.807, 2.05) is 0 Å². The first-order valence-corrected chi connectivity index (χ1v) is 8.81. The minimum atomic E-state index is -0.163. The Kier molecular flexibility index (Phi) is 4.67. The fraction of sp³-hybridized carbons (Fsp3) is 0.786. The number of aromatic amines is 1. The molecule has 2 fully saturated rings. The summed E-state index contributed by atoms with van der Waals surface area (Å²) in [7, 11) is 0. The van der Waals surface area contributed by atoms with Gasteiger partial charge in [-0.1, -0.05) is 37.4 Å². The number of thioether (sulfide) groups is 1. The minimum Gasteiger partial charge on any atom is -0.353 e. The van der Waals surface area contributed by atoms with Crippen LogP contribution in [0.4, 0.5) is 0 Å². The van der Waals surface area contributed by atoms with Crippen molar-refractivity contribution in [1.29, 1.82) is 0 Å². The van der Waals surface area contributed by atoms with Gasteiger partial charge in [0.25, 0.3) is 0 Å². The summed E-state index contributed by atoms with van der Waals surface area (Å²) >= 11 is 1.35. The predicted octanol–water partition coefficient (Wildman–Crippen LogP) is 1.84. The molecule has 0 spiro atoms. The topological polar surface area (TPSA) is 79.8 Å². The minimum absolute atomic E-state index is 0.0460. The molecule has 1 heterocycles. The summed E-state index contributed by atoms with van der Waals surface area (Å²) in [4.78, 5) is 23.7. The number of hydrogen-bond donors (Lipinski definition) is 2. The van der Waals surface area contributed by atoms with Gasteiger partial charge in [-0.2, -0.15) is 0 Å². The zero-order valence-corrected chi connectivity index (χ0v) is 13.0. The Hall–Kier alpha value is -1.24. The molecule has 0 saturated heterocycles. The summed E-state index contributed by atoms with van der Waals surface area (Å²) in [6, 6.07) is 0.606. The lowest BCUT2D eigenvalue weighted by atomic mass is 10.1. The molecular weight excluding hydrogens is 288 g/mol. The first-order valence-electron chi connectivity index (χ1n) is 7.83. The molecule has 2 saturated carbocycles. The van der Waals surface area contributed by atoms with Crippen LogP contribution in [0.15, 0.2) is 9.95 Å². The van der Waals surface area contributed by atoms with Gasteiger partial charge in [0.2, 0.25) is 5.91 Å². The summed E-state index contributed by atoms with van der Waals surface area (Å²) in [5, 5.41) is 10.2. The molecule has 7 heteroatoms. The van der Waals surface area contributed by atoms with Crippen molar-refractivity contribution >= 4 is 17.7 Å². The molecule has 21 heavy (non-hydrogen) atoms. The summed E-state index contributed by atoms with van der Waals surface area (Å²) in [6.45, 7) is 0. The van der Waals surface area contributed by atoms with Crippen LogP contribution in [-0.4, -0.2) is 32.5 Å². The summed E-state index contributed by atoms with van der Waals surface area (Å²) in [5.41, 5.74) is -0.163. The Morgan fingerprint density at radius 1 is 1.24 bits per heavy atom. The number of hydrogen-bond acceptors (Lipinski definition) is 4. The van der Waals surface area contributed by atoms with Crippen LogP contribution in [0.2, 0.25) is 0 Å². The maximum Gasteiger partial charge on any atom is 0.344 e. The van der Waals surface area contributed by atoms with Crippen molar-refractivity contribution in [2.45, 2.75) is 68.6 Å². The highest BCUT2D eigenvalue weighted by molar-refractivity contribution is 7.99. The van der Waals surface area contributed by atoms with Gasteiger partial charge < -0.3 is 5.32 Å². The van der Waals surface area contributed by atoms with E-state index >= 15 is 0 Å². The number of nitrogens with zero attached hydrogens (tertiary/aromatic N) is 2. The molecule has 0 bridgehead atoms. The first kappa shape index (κ1) is 14.7. The van der Waals surface area contributed by atoms with Crippen LogP contribution in [0.3, 0.4) is 0 Å². The Balaban J connectivity index is 1.50. The highest BCUT2D eigenvalue weighted by Gasteiger charge is 2.28. The van der Waals surface area contributed by atoms with Crippen molar-refractivity contribution < 1.29 is 4.79 Å². The average molecular weight is 310 g/mol. The maximum atomic E-state index is 12.0. The molecule has 3 rings (SSSR count). The van der Waals surface area contributed by atoms with E-state index in [9.17, 15) is 9.59 Å². The number of H-pyrrole nitrogens is 1. The number of amides is 1. The van der Waals surface area contributed by atoms with Gasteiger partial charge in [0.1, 0.15) is 0 Å². The molecule has 1 aromatic heterocycles. The van der Waals surface area contributed by atoms with E-state index in [1.165, 1.54) is 37.4 Å². The fourth-order valence-corrected chi connectivity index (χ4v) is 3.69. The third-order valence-corrected chi connectivity index (χ3v) is 5.09. The lowest BCUT2D eigenvalue weighted by Crippen LogP contribution is -2.35. The normalized spacial score (nSPS) is 20.2. The van der Waals surface area contributed by atoms with Crippen LogP contribution in [0, 0.1) is 0 Å². The molecule has 2 aliphatic carbocycles. The van der Waals surface area contributed by atoms with E-state index in [4.69, 9.17) is 0 Å². The second-order valence-electron chi connectivity index (χ2n) is 5.96. The maximum absolute atomic E-state index is 12.0. The molecular formula is C14H22N4O2S. The zero-order valence-electron chi connectivity index (χ0n) is 12.1. The number of aromatic nitrogens is 3. The van der Waals surface area contributed by atoms with E-state index in [0.29, 0.717) is 17.0 Å². The highest BCUT2D eigenvalue weighted by atomic mass is 32.2. The van der Waals surface area contributed by atoms with Crippen LogP contribution in [-0.2, 0) is 4.79 Å². The van der Waals surface area contributed by atoms with E-state index in [-0.39, 0.29) is 17.6 Å². The first-order chi connectivity index (χ1) is 10.2. The van der Waals surface area contributed by atoms with Crippen LogP contribution in [0.1, 0.15) is 57.4 Å². The summed E-state index contributed by atoms with van der Waals surface area (Å²) in [5.74, 6) is 0.373. The summed E-state index contributed by atoms with van der Waals surface area (Å²) in [6.07, 6.45) is 9.21. The third kappa shape index (κ3) is 3.90. The fourth-order valence-electron chi connectivity index (χ4n) is 2.87. The lowest BCUT2D eigenvalue weighted by Gasteiger charge is -2.15. The average Bonchev–Trinajstić information content (AvgIpc) is 3.26. The molecule has 0 unspecified atom stereocenters. The highest BCUT2D eigenvalue weighted by Crippen LogP contribution is 2.35. The van der Waals surface area contributed by atoms with E-state index < -0.39 is 0 Å². The third-order valence-electron chi connectivity index (χ3n) is 4.14. The Labute approximate surface area is 128 Å². The molecule has 2 aliphatic rings. The number of nitrogens with one attached hydrogen (secondary N) is 2. The molecule has 116 valence electrons. The van der Waals surface area contributed by atoms with Crippen molar-refractivity contribution in [2.24, 2.45) is 0 Å². The van der Waals surface area contributed by atoms with Crippen LogP contribution < -0.4 is 11.0 Å². The molecule has 2 N–H and O–H groups in total. The molecule has 0 aliphatic heterocycles. The van der Waals surface area contributed by atoms with Gasteiger partial charge >= 0.3 is 5.69 Å². The van der Waals surface area contributed by atoms with Crippen molar-refractivity contribution in [1.82, 2.24) is 20.1 Å². The second-order valence-corrected chi connectivity index (χ2v) is 6.90. The van der Waals surface area contributed by atoms with Gasteiger partial charge in [-0.25, -0.2) is 9.89 Å². The lowest BCUT2D eigenvalue weighted by molar-refractivity contribution is -0.119. The van der Waals surface area contributed by atoms with Gasteiger partial charge in [-0.3, -0.25) is 9.36 Å². The SMILES string of the molecule is O=C(CSc1n[nH]c(=O)n1C1CC1)NC1CCCCCC1. The van der Waals surface area contributed by atoms with Gasteiger partial charge in [0.05, 0.1) is 5.75 Å². The molecule has 1 aromatic rings. The van der Waals surface area contributed by atoms with Crippen molar-refractivity contribution in [3.05, 3.63) is 10.5 Å². The van der Waals surface area contributed by atoms with E-state index in [0.717, 1.165) is 25.7 Å². The number of carbonyl (C=O) groups is 1. The van der Waals surface area contributed by atoms with Gasteiger partial charge in [0, 0.05) is 12.1 Å².